The fourth-order valence-electron chi connectivity index (χ4n) is 3.08. The summed E-state index contributed by atoms with van der Waals surface area (Å²) in [7, 11) is 0. The van der Waals surface area contributed by atoms with Crippen molar-refractivity contribution in [3.63, 3.8) is 0 Å². The maximum atomic E-state index is 12.5. The molecule has 6 heteroatoms. The third-order valence-corrected chi connectivity index (χ3v) is 4.62. The smallest absolute Gasteiger partial charge is 0.343 e. The van der Waals surface area contributed by atoms with Crippen LogP contribution in [0.4, 0.5) is 0 Å². The van der Waals surface area contributed by atoms with E-state index >= 15 is 0 Å². The summed E-state index contributed by atoms with van der Waals surface area (Å²) in [6.45, 7) is 4.18. The molecule has 0 aliphatic carbocycles. The van der Waals surface area contributed by atoms with Gasteiger partial charge in [-0.3, -0.25) is 4.79 Å². The van der Waals surface area contributed by atoms with E-state index in [2.05, 4.69) is 9.97 Å². The Morgan fingerprint density at radius 2 is 1.77 bits per heavy atom. The fourth-order valence-corrected chi connectivity index (χ4v) is 3.08. The molecule has 0 radical (unpaired) electrons. The number of fused-ring (bicyclic) bond motifs is 1. The van der Waals surface area contributed by atoms with Gasteiger partial charge in [0.25, 0.3) is 5.56 Å². The van der Waals surface area contributed by atoms with Gasteiger partial charge in [-0.2, -0.15) is 0 Å². The van der Waals surface area contributed by atoms with Gasteiger partial charge in [0.05, 0.1) is 23.1 Å². The molecule has 4 aromatic rings. The molecule has 0 aliphatic heterocycles. The van der Waals surface area contributed by atoms with Crippen LogP contribution in [0, 0.1) is 6.92 Å². The van der Waals surface area contributed by atoms with Crippen LogP contribution in [0.3, 0.4) is 0 Å². The Kier molecular flexibility index (Phi) is 5.30. The third-order valence-electron chi connectivity index (χ3n) is 4.62. The number of ether oxygens (including phenoxy) is 2. The predicted octanol–water partition coefficient (Wildman–Crippen LogP) is 4.52. The number of carbonyl (C=O) groups is 1. The summed E-state index contributed by atoms with van der Waals surface area (Å²) in [5, 5.41) is 0.523. The number of benzene rings is 3. The zero-order chi connectivity index (χ0) is 21.1. The Morgan fingerprint density at radius 1 is 1.00 bits per heavy atom. The fraction of sp³-hybridized carbons (Fsp3) is 0.125. The first-order chi connectivity index (χ1) is 14.5. The van der Waals surface area contributed by atoms with Crippen molar-refractivity contribution in [3.05, 3.63) is 88.2 Å². The van der Waals surface area contributed by atoms with Gasteiger partial charge in [-0.1, -0.05) is 29.8 Å². The van der Waals surface area contributed by atoms with E-state index in [9.17, 15) is 9.59 Å². The summed E-state index contributed by atoms with van der Waals surface area (Å²) in [5.74, 6) is 0.637. The number of esters is 1. The number of nitrogens with one attached hydrogen (secondary N) is 1. The molecular weight excluding hydrogens is 380 g/mol. The molecule has 0 atom stereocenters. The van der Waals surface area contributed by atoms with E-state index in [1.54, 1.807) is 48.5 Å². The molecule has 0 bridgehead atoms. The van der Waals surface area contributed by atoms with Gasteiger partial charge >= 0.3 is 5.97 Å². The van der Waals surface area contributed by atoms with Gasteiger partial charge < -0.3 is 14.5 Å². The number of nitrogens with zero attached hydrogens (tertiary/aromatic N) is 1. The monoisotopic (exact) mass is 400 g/mol. The lowest BCUT2D eigenvalue weighted by molar-refractivity contribution is 0.0728. The second-order valence-corrected chi connectivity index (χ2v) is 6.78. The van der Waals surface area contributed by atoms with Crippen LogP contribution in [0.1, 0.15) is 22.8 Å². The molecule has 3 aromatic carbocycles. The van der Waals surface area contributed by atoms with Gasteiger partial charge in [-0.05, 0) is 56.3 Å². The first-order valence-corrected chi connectivity index (χ1v) is 9.60. The summed E-state index contributed by atoms with van der Waals surface area (Å²) in [5.41, 5.74) is 2.54. The van der Waals surface area contributed by atoms with Crippen LogP contribution in [-0.4, -0.2) is 22.5 Å². The lowest BCUT2D eigenvalue weighted by atomic mass is 10.1. The molecule has 30 heavy (non-hydrogen) atoms. The highest BCUT2D eigenvalue weighted by atomic mass is 16.6. The molecule has 0 amide bonds. The number of hydrogen-bond donors (Lipinski definition) is 1. The highest BCUT2D eigenvalue weighted by Crippen LogP contribution is 2.32. The van der Waals surface area contributed by atoms with Gasteiger partial charge in [0, 0.05) is 5.56 Å². The third kappa shape index (κ3) is 3.93. The number of rotatable bonds is 5. The van der Waals surface area contributed by atoms with Crippen LogP contribution >= 0.6 is 0 Å². The van der Waals surface area contributed by atoms with Crippen molar-refractivity contribution >= 4 is 16.9 Å². The molecule has 1 aromatic heterocycles. The molecule has 150 valence electrons. The van der Waals surface area contributed by atoms with Gasteiger partial charge in [0.2, 0.25) is 0 Å². The lowest BCUT2D eigenvalue weighted by Gasteiger charge is -2.12. The van der Waals surface area contributed by atoms with E-state index in [0.717, 1.165) is 5.56 Å². The Labute approximate surface area is 173 Å². The number of H-pyrrole nitrogens is 1. The average Bonchev–Trinajstić information content (AvgIpc) is 2.75. The van der Waals surface area contributed by atoms with Crippen LogP contribution in [0.2, 0.25) is 0 Å². The van der Waals surface area contributed by atoms with Crippen molar-refractivity contribution in [2.75, 3.05) is 6.61 Å². The van der Waals surface area contributed by atoms with Crippen LogP contribution < -0.4 is 15.0 Å². The highest BCUT2D eigenvalue weighted by molar-refractivity contribution is 5.91. The van der Waals surface area contributed by atoms with Crippen LogP contribution in [0.15, 0.2) is 71.5 Å². The SMILES string of the molecule is CCOc1cc(-c2nc3ccccc3c(=O)[nH]2)ccc1OC(=O)c1ccc(C)cc1. The molecule has 0 unspecified atom stereocenters. The summed E-state index contributed by atoms with van der Waals surface area (Å²) in [4.78, 5) is 32.2. The topological polar surface area (TPSA) is 81.3 Å². The minimum Gasteiger partial charge on any atom is -0.490 e. The maximum absolute atomic E-state index is 12.5. The van der Waals surface area contributed by atoms with Crippen molar-refractivity contribution in [2.24, 2.45) is 0 Å². The molecule has 6 nitrogen and oxygen atoms in total. The van der Waals surface area contributed by atoms with E-state index in [1.165, 1.54) is 0 Å². The van der Waals surface area contributed by atoms with E-state index < -0.39 is 5.97 Å². The number of aryl methyl sites for hydroxylation is 1. The minimum atomic E-state index is -0.471. The Bertz CT molecular complexity index is 1280. The summed E-state index contributed by atoms with van der Waals surface area (Å²) in [6, 6.07) is 19.4. The van der Waals surface area contributed by atoms with Crippen molar-refractivity contribution in [3.8, 4) is 22.9 Å². The van der Waals surface area contributed by atoms with Gasteiger partial charge in [0.15, 0.2) is 11.5 Å². The second-order valence-electron chi connectivity index (χ2n) is 6.78. The van der Waals surface area contributed by atoms with Gasteiger partial charge in [-0.15, -0.1) is 0 Å². The number of para-hydroxylation sites is 1. The standard InChI is InChI=1S/C24H20N2O4/c1-3-29-21-14-17(22-25-19-7-5-4-6-18(19)23(27)26-22)12-13-20(21)30-24(28)16-10-8-15(2)9-11-16/h4-14H,3H2,1-2H3,(H,25,26,27). The molecule has 0 aliphatic rings. The second kappa shape index (κ2) is 8.21. The summed E-state index contributed by atoms with van der Waals surface area (Å²) >= 11 is 0. The van der Waals surface area contributed by atoms with E-state index in [4.69, 9.17) is 9.47 Å². The highest BCUT2D eigenvalue weighted by Gasteiger charge is 2.15. The minimum absolute atomic E-state index is 0.219. The molecule has 1 N–H and O–H groups in total. The van der Waals surface area contributed by atoms with Crippen molar-refractivity contribution in [1.29, 1.82) is 0 Å². The van der Waals surface area contributed by atoms with Crippen LogP contribution in [0.25, 0.3) is 22.3 Å². The first kappa shape index (κ1) is 19.4. The van der Waals surface area contributed by atoms with Crippen molar-refractivity contribution in [2.45, 2.75) is 13.8 Å². The average molecular weight is 400 g/mol. The largest absolute Gasteiger partial charge is 0.490 e. The zero-order valence-electron chi connectivity index (χ0n) is 16.6. The van der Waals surface area contributed by atoms with E-state index in [0.29, 0.717) is 46.0 Å². The number of aromatic amines is 1. The number of hydrogen-bond acceptors (Lipinski definition) is 5. The Hall–Kier alpha value is -3.93. The molecular formula is C24H20N2O4. The molecule has 0 saturated heterocycles. The van der Waals surface area contributed by atoms with E-state index in [-0.39, 0.29) is 5.56 Å². The lowest BCUT2D eigenvalue weighted by Crippen LogP contribution is -2.11. The van der Waals surface area contributed by atoms with Gasteiger partial charge in [-0.25, -0.2) is 9.78 Å². The van der Waals surface area contributed by atoms with Crippen molar-refractivity contribution in [1.82, 2.24) is 9.97 Å². The Balaban J connectivity index is 1.69. The molecule has 0 saturated carbocycles. The molecule has 4 rings (SSSR count). The molecule has 0 fully saturated rings. The first-order valence-electron chi connectivity index (χ1n) is 9.60. The van der Waals surface area contributed by atoms with Crippen molar-refractivity contribution < 1.29 is 14.3 Å². The Morgan fingerprint density at radius 3 is 2.53 bits per heavy atom. The van der Waals surface area contributed by atoms with Crippen LogP contribution in [0.5, 0.6) is 11.5 Å². The molecule has 0 spiro atoms. The normalized spacial score (nSPS) is 10.7. The predicted molar refractivity (Wildman–Crippen MR) is 115 cm³/mol. The van der Waals surface area contributed by atoms with Gasteiger partial charge in [0.1, 0.15) is 5.82 Å². The molecule has 1 heterocycles. The number of carbonyl (C=O) groups excluding carboxylic acids is 1. The zero-order valence-corrected chi connectivity index (χ0v) is 16.6. The quantitative estimate of drug-likeness (QED) is 0.394. The maximum Gasteiger partial charge on any atom is 0.343 e. The number of aromatic nitrogens is 2. The van der Waals surface area contributed by atoms with E-state index in [1.807, 2.05) is 32.0 Å². The van der Waals surface area contributed by atoms with Crippen LogP contribution in [-0.2, 0) is 0 Å². The summed E-state index contributed by atoms with van der Waals surface area (Å²) < 4.78 is 11.2. The summed E-state index contributed by atoms with van der Waals surface area (Å²) in [6.07, 6.45) is 0.